The fraction of sp³-hybridized carbons (Fsp3) is 0.462. The second kappa shape index (κ2) is 5.57. The van der Waals surface area contributed by atoms with Gasteiger partial charge in [0.2, 0.25) is 0 Å². The Balaban J connectivity index is 2.20. The Morgan fingerprint density at radius 1 is 1.33 bits per heavy atom. The van der Waals surface area contributed by atoms with Crippen molar-refractivity contribution in [3.05, 3.63) is 29.3 Å². The monoisotopic (exact) mass is 268 g/mol. The molecule has 1 aliphatic rings. The van der Waals surface area contributed by atoms with Gasteiger partial charge in [0.1, 0.15) is 6.07 Å². The van der Waals surface area contributed by atoms with Gasteiger partial charge >= 0.3 is 0 Å². The van der Waals surface area contributed by atoms with Gasteiger partial charge < -0.3 is 5.32 Å². The largest absolute Gasteiger partial charge is 0.379 e. The summed E-state index contributed by atoms with van der Waals surface area (Å²) in [6.07, 6.45) is 5.19. The van der Waals surface area contributed by atoms with E-state index in [9.17, 15) is 8.78 Å². The molecule has 0 bridgehead atoms. The lowest BCUT2D eigenvalue weighted by Crippen LogP contribution is -2.26. The van der Waals surface area contributed by atoms with Gasteiger partial charge in [0, 0.05) is 11.3 Å². The average molecular weight is 268 g/mol. The van der Waals surface area contributed by atoms with Crippen molar-refractivity contribution in [1.29, 1.82) is 5.26 Å². The van der Waals surface area contributed by atoms with E-state index in [1.165, 1.54) is 12.1 Å². The third-order valence-electron chi connectivity index (χ3n) is 3.30. The molecule has 0 aliphatic heterocycles. The molecular formula is C13H14F2N2S. The zero-order chi connectivity index (χ0) is 13.1. The molecular weight excluding hydrogens is 254 g/mol. The number of benzene rings is 1. The molecule has 1 fully saturated rings. The summed E-state index contributed by atoms with van der Waals surface area (Å²) in [6.45, 7) is 0. The highest BCUT2D eigenvalue weighted by atomic mass is 32.2. The second-order valence-electron chi connectivity index (χ2n) is 4.36. The molecule has 18 heavy (non-hydrogen) atoms. The van der Waals surface area contributed by atoms with Crippen LogP contribution in [0.1, 0.15) is 24.8 Å². The first-order valence-electron chi connectivity index (χ1n) is 5.84. The van der Waals surface area contributed by atoms with Gasteiger partial charge in [-0.1, -0.05) is 6.42 Å². The summed E-state index contributed by atoms with van der Waals surface area (Å²) in [7, 11) is 0. The van der Waals surface area contributed by atoms with Crippen LogP contribution in [-0.2, 0) is 0 Å². The molecule has 1 saturated carbocycles. The minimum atomic E-state index is -1.07. The van der Waals surface area contributed by atoms with E-state index in [-0.39, 0.29) is 17.3 Å². The van der Waals surface area contributed by atoms with Gasteiger partial charge in [0.05, 0.1) is 11.3 Å². The number of nitrogens with zero attached hydrogens (tertiary/aromatic N) is 1. The Kier molecular flexibility index (Phi) is 4.07. The number of rotatable bonds is 3. The molecule has 2 nitrogen and oxygen atoms in total. The number of hydrogen-bond donors (Lipinski definition) is 1. The molecule has 0 spiro atoms. The molecule has 96 valence electrons. The molecule has 1 N–H and O–H groups in total. The van der Waals surface area contributed by atoms with Crippen LogP contribution in [-0.4, -0.2) is 17.5 Å². The Hall–Kier alpha value is -1.28. The van der Waals surface area contributed by atoms with E-state index in [4.69, 9.17) is 5.26 Å². The summed E-state index contributed by atoms with van der Waals surface area (Å²) >= 11 is 1.75. The molecule has 2 rings (SSSR count). The summed E-state index contributed by atoms with van der Waals surface area (Å²) < 4.78 is 27.2. The van der Waals surface area contributed by atoms with E-state index in [0.29, 0.717) is 5.25 Å². The van der Waals surface area contributed by atoms with Crippen molar-refractivity contribution >= 4 is 17.4 Å². The second-order valence-corrected chi connectivity index (χ2v) is 5.43. The first-order chi connectivity index (χ1) is 8.67. The predicted molar refractivity (Wildman–Crippen MR) is 69.6 cm³/mol. The Morgan fingerprint density at radius 3 is 2.78 bits per heavy atom. The minimum Gasteiger partial charge on any atom is -0.379 e. The highest BCUT2D eigenvalue weighted by molar-refractivity contribution is 7.99. The van der Waals surface area contributed by atoms with Crippen LogP contribution in [0.3, 0.4) is 0 Å². The van der Waals surface area contributed by atoms with Crippen molar-refractivity contribution in [2.75, 3.05) is 11.6 Å². The SMILES string of the molecule is CSC1CCCC1Nc1ccc(C#N)c(F)c1F. The quantitative estimate of drug-likeness (QED) is 0.911. The topological polar surface area (TPSA) is 35.8 Å². The van der Waals surface area contributed by atoms with Crippen LogP contribution in [0.5, 0.6) is 0 Å². The first kappa shape index (κ1) is 13.2. The van der Waals surface area contributed by atoms with Crippen molar-refractivity contribution in [3.63, 3.8) is 0 Å². The highest BCUT2D eigenvalue weighted by Gasteiger charge is 2.27. The normalized spacial score (nSPS) is 22.8. The molecule has 0 heterocycles. The van der Waals surface area contributed by atoms with Crippen LogP contribution < -0.4 is 5.32 Å². The van der Waals surface area contributed by atoms with Crippen molar-refractivity contribution in [2.24, 2.45) is 0 Å². The van der Waals surface area contributed by atoms with Gasteiger partial charge in [-0.2, -0.15) is 17.0 Å². The first-order valence-corrected chi connectivity index (χ1v) is 7.13. The summed E-state index contributed by atoms with van der Waals surface area (Å²) in [5.74, 6) is -2.03. The Bertz CT molecular complexity index is 485. The molecule has 2 atom stereocenters. The summed E-state index contributed by atoms with van der Waals surface area (Å²) in [4.78, 5) is 0. The van der Waals surface area contributed by atoms with E-state index < -0.39 is 11.6 Å². The van der Waals surface area contributed by atoms with Crippen LogP contribution >= 0.6 is 11.8 Å². The molecule has 2 unspecified atom stereocenters. The van der Waals surface area contributed by atoms with E-state index in [1.54, 1.807) is 17.8 Å². The van der Waals surface area contributed by atoms with Gasteiger partial charge in [-0.05, 0) is 31.2 Å². The number of hydrogen-bond acceptors (Lipinski definition) is 3. The van der Waals surface area contributed by atoms with Gasteiger partial charge in [-0.3, -0.25) is 0 Å². The van der Waals surface area contributed by atoms with Crippen LogP contribution in [0, 0.1) is 23.0 Å². The molecule has 1 aliphatic carbocycles. The molecule has 5 heteroatoms. The van der Waals surface area contributed by atoms with Crippen LogP contribution in [0.25, 0.3) is 0 Å². The maximum absolute atomic E-state index is 13.7. The fourth-order valence-corrected chi connectivity index (χ4v) is 3.26. The van der Waals surface area contributed by atoms with Crippen molar-refractivity contribution in [2.45, 2.75) is 30.6 Å². The maximum atomic E-state index is 13.7. The van der Waals surface area contributed by atoms with Gasteiger partial charge in [-0.15, -0.1) is 0 Å². The number of nitrogens with one attached hydrogen (secondary N) is 1. The van der Waals surface area contributed by atoms with Gasteiger partial charge in [0.25, 0.3) is 0 Å². The molecule has 1 aromatic rings. The fourth-order valence-electron chi connectivity index (χ4n) is 2.32. The smallest absolute Gasteiger partial charge is 0.183 e. The van der Waals surface area contributed by atoms with Gasteiger partial charge in [-0.25, -0.2) is 8.78 Å². The third kappa shape index (κ3) is 2.44. The van der Waals surface area contributed by atoms with E-state index >= 15 is 0 Å². The minimum absolute atomic E-state index is 0.150. The lowest BCUT2D eigenvalue weighted by molar-refractivity contribution is 0.507. The molecule has 0 saturated heterocycles. The number of nitriles is 1. The molecule has 0 amide bonds. The lowest BCUT2D eigenvalue weighted by Gasteiger charge is -2.20. The number of thioether (sulfide) groups is 1. The summed E-state index contributed by atoms with van der Waals surface area (Å²) in [5.41, 5.74) is -0.108. The van der Waals surface area contributed by atoms with E-state index in [1.807, 2.05) is 6.26 Å². The summed E-state index contributed by atoms with van der Waals surface area (Å²) in [5, 5.41) is 12.1. The lowest BCUT2D eigenvalue weighted by atomic mass is 10.1. The molecule has 1 aromatic carbocycles. The Labute approximate surface area is 109 Å². The zero-order valence-corrected chi connectivity index (χ0v) is 10.9. The molecule has 0 aromatic heterocycles. The third-order valence-corrected chi connectivity index (χ3v) is 4.47. The van der Waals surface area contributed by atoms with Crippen molar-refractivity contribution in [3.8, 4) is 6.07 Å². The van der Waals surface area contributed by atoms with E-state index in [2.05, 4.69) is 5.32 Å². The zero-order valence-electron chi connectivity index (χ0n) is 10.0. The van der Waals surface area contributed by atoms with Crippen molar-refractivity contribution < 1.29 is 8.78 Å². The van der Waals surface area contributed by atoms with Crippen molar-refractivity contribution in [1.82, 2.24) is 0 Å². The number of halogens is 2. The van der Waals surface area contributed by atoms with Crippen LogP contribution in [0.4, 0.5) is 14.5 Å². The predicted octanol–water partition coefficient (Wildman–Crippen LogP) is 3.53. The van der Waals surface area contributed by atoms with E-state index in [0.717, 1.165) is 19.3 Å². The average Bonchev–Trinajstić information content (AvgIpc) is 2.82. The van der Waals surface area contributed by atoms with Gasteiger partial charge in [0.15, 0.2) is 11.6 Å². The van der Waals surface area contributed by atoms with Crippen LogP contribution in [0.15, 0.2) is 12.1 Å². The summed E-state index contributed by atoms with van der Waals surface area (Å²) in [6, 6.07) is 4.54. The number of anilines is 1. The molecule has 0 radical (unpaired) electrons. The Morgan fingerprint density at radius 2 is 2.11 bits per heavy atom. The highest BCUT2D eigenvalue weighted by Crippen LogP contribution is 2.32. The van der Waals surface area contributed by atoms with Crippen LogP contribution in [0.2, 0.25) is 0 Å². The maximum Gasteiger partial charge on any atom is 0.183 e. The standard InChI is InChI=1S/C13H14F2N2S/c1-18-11-4-2-3-9(11)17-10-6-5-8(7-16)12(14)13(10)15/h5-6,9,11,17H,2-4H2,1H3.